The molecule has 1 saturated heterocycles. The summed E-state index contributed by atoms with van der Waals surface area (Å²) in [5.41, 5.74) is 5.46. The average Bonchev–Trinajstić information content (AvgIpc) is 2.73. The predicted octanol–water partition coefficient (Wildman–Crippen LogP) is 4.98. The molecule has 1 aliphatic heterocycles. The van der Waals surface area contributed by atoms with Crippen molar-refractivity contribution in [2.24, 2.45) is 5.92 Å². The summed E-state index contributed by atoms with van der Waals surface area (Å²) < 4.78 is 45.4. The Bertz CT molecular complexity index is 1190. The third kappa shape index (κ3) is 4.26. The number of aryl methyl sites for hydroxylation is 3. The molecule has 2 aliphatic rings. The Morgan fingerprint density at radius 2 is 1.79 bits per heavy atom. The number of hydrogen-bond acceptors (Lipinski definition) is 6. The highest BCUT2D eigenvalue weighted by Gasteiger charge is 2.49. The van der Waals surface area contributed by atoms with Gasteiger partial charge >= 0.3 is 6.18 Å². The van der Waals surface area contributed by atoms with Gasteiger partial charge in [-0.05, 0) is 51.3 Å². The van der Waals surface area contributed by atoms with E-state index in [9.17, 15) is 13.2 Å². The quantitative estimate of drug-likeness (QED) is 0.553. The number of anilines is 1. The van der Waals surface area contributed by atoms with Gasteiger partial charge < -0.3 is 9.64 Å². The van der Waals surface area contributed by atoms with Gasteiger partial charge in [-0.1, -0.05) is 0 Å². The minimum absolute atomic E-state index is 0.0473. The summed E-state index contributed by atoms with van der Waals surface area (Å²) in [5.74, 6) is -0.829. The smallest absolute Gasteiger partial charge is 0.370 e. The predicted molar refractivity (Wildman–Crippen MR) is 118 cm³/mol. The topological polar surface area (TPSA) is 64.0 Å². The Morgan fingerprint density at radius 3 is 2.52 bits per heavy atom. The van der Waals surface area contributed by atoms with E-state index in [4.69, 9.17) is 14.7 Å². The maximum atomic E-state index is 13.1. The Kier molecular flexibility index (Phi) is 5.47. The summed E-state index contributed by atoms with van der Waals surface area (Å²) in [6, 6.07) is 5.86. The van der Waals surface area contributed by atoms with Crippen LogP contribution in [0.5, 0.6) is 0 Å². The number of morpholine rings is 1. The normalized spacial score (nSPS) is 23.6. The van der Waals surface area contributed by atoms with Gasteiger partial charge in [-0.2, -0.15) is 13.2 Å². The summed E-state index contributed by atoms with van der Waals surface area (Å²) in [7, 11) is 0. The molecule has 1 saturated carbocycles. The second kappa shape index (κ2) is 8.20. The molecular formula is C24H26F3N5O. The Hall–Kier alpha value is -2.81. The van der Waals surface area contributed by atoms with Crippen LogP contribution in [0.2, 0.25) is 0 Å². The van der Waals surface area contributed by atoms with E-state index >= 15 is 0 Å². The Morgan fingerprint density at radius 1 is 1.03 bits per heavy atom. The van der Waals surface area contributed by atoms with Gasteiger partial charge in [0.15, 0.2) is 0 Å². The van der Waals surface area contributed by atoms with E-state index in [-0.39, 0.29) is 24.9 Å². The lowest BCUT2D eigenvalue weighted by Crippen LogP contribution is -2.39. The molecule has 2 fully saturated rings. The molecule has 0 radical (unpaired) electrons. The zero-order chi connectivity index (χ0) is 23.3. The SMILES string of the molecule is Cc1cc(C2CN(c3cc4nc(C)c(C)nc4c(C4CC(C(F)(F)F)C4)n3)CCO2)ccn1. The molecule has 1 aliphatic carbocycles. The number of fused-ring (bicyclic) bond motifs is 1. The number of halogens is 3. The molecule has 6 nitrogen and oxygen atoms in total. The van der Waals surface area contributed by atoms with Crippen LogP contribution in [-0.2, 0) is 4.74 Å². The van der Waals surface area contributed by atoms with Crippen LogP contribution in [0.4, 0.5) is 19.0 Å². The summed E-state index contributed by atoms with van der Waals surface area (Å²) in [6.07, 6.45) is -2.43. The number of ether oxygens (including phenoxy) is 1. The summed E-state index contributed by atoms with van der Waals surface area (Å²) in [4.78, 5) is 20.6. The Balaban J connectivity index is 1.50. The first kappa shape index (κ1) is 22.0. The lowest BCUT2D eigenvalue weighted by molar-refractivity contribution is -0.197. The van der Waals surface area contributed by atoms with E-state index in [1.54, 1.807) is 6.20 Å². The first-order chi connectivity index (χ1) is 15.7. The van der Waals surface area contributed by atoms with E-state index in [1.807, 2.05) is 39.0 Å². The number of alkyl halides is 3. The van der Waals surface area contributed by atoms with Crippen LogP contribution >= 0.6 is 0 Å². The zero-order valence-corrected chi connectivity index (χ0v) is 18.9. The molecular weight excluding hydrogens is 431 g/mol. The third-order valence-corrected chi connectivity index (χ3v) is 6.75. The largest absolute Gasteiger partial charge is 0.391 e. The van der Waals surface area contributed by atoms with Crippen molar-refractivity contribution in [3.8, 4) is 0 Å². The van der Waals surface area contributed by atoms with E-state index < -0.39 is 12.1 Å². The van der Waals surface area contributed by atoms with Crippen molar-refractivity contribution in [1.82, 2.24) is 19.9 Å². The summed E-state index contributed by atoms with van der Waals surface area (Å²) in [6.45, 7) is 7.46. The van der Waals surface area contributed by atoms with Crippen LogP contribution in [-0.4, -0.2) is 45.8 Å². The molecule has 0 amide bonds. The van der Waals surface area contributed by atoms with Crippen LogP contribution < -0.4 is 4.90 Å². The second-order valence-corrected chi connectivity index (χ2v) is 9.07. The van der Waals surface area contributed by atoms with Crippen molar-refractivity contribution in [3.63, 3.8) is 0 Å². The van der Waals surface area contributed by atoms with Crippen molar-refractivity contribution in [3.05, 3.63) is 52.7 Å². The van der Waals surface area contributed by atoms with E-state index in [2.05, 4.69) is 14.9 Å². The third-order valence-electron chi connectivity index (χ3n) is 6.75. The first-order valence-electron chi connectivity index (χ1n) is 11.2. The zero-order valence-electron chi connectivity index (χ0n) is 18.9. The number of pyridine rings is 2. The standard InChI is InChI=1S/C24H26F3N5O/c1-13-8-16(4-5-28-13)20-12-32(6-7-33-20)21-11-19-23(30-15(3)14(2)29-19)22(31-21)17-9-18(10-17)24(25,26)27/h4-5,8,11,17-18,20H,6-7,9-10,12H2,1-3H3. The van der Waals surface area contributed by atoms with Gasteiger partial charge in [0.2, 0.25) is 0 Å². The number of nitrogens with zero attached hydrogens (tertiary/aromatic N) is 5. The molecule has 9 heteroatoms. The van der Waals surface area contributed by atoms with Gasteiger partial charge in [0.05, 0.1) is 35.1 Å². The molecule has 0 bridgehead atoms. The van der Waals surface area contributed by atoms with E-state index in [0.29, 0.717) is 42.2 Å². The molecule has 0 N–H and O–H groups in total. The molecule has 1 atom stereocenters. The highest BCUT2D eigenvalue weighted by atomic mass is 19.4. The summed E-state index contributed by atoms with van der Waals surface area (Å²) in [5, 5.41) is 0. The van der Waals surface area contributed by atoms with Crippen molar-refractivity contribution in [2.45, 2.75) is 51.8 Å². The van der Waals surface area contributed by atoms with Gasteiger partial charge in [-0.3, -0.25) is 4.98 Å². The first-order valence-corrected chi connectivity index (χ1v) is 11.2. The number of aromatic nitrogens is 4. The van der Waals surface area contributed by atoms with Crippen LogP contribution in [0, 0.1) is 26.7 Å². The van der Waals surface area contributed by atoms with Crippen molar-refractivity contribution in [2.75, 3.05) is 24.6 Å². The monoisotopic (exact) mass is 457 g/mol. The van der Waals surface area contributed by atoms with Gasteiger partial charge in [0, 0.05) is 37.0 Å². The van der Waals surface area contributed by atoms with Crippen molar-refractivity contribution >= 4 is 16.9 Å². The molecule has 174 valence electrons. The highest BCUT2D eigenvalue weighted by molar-refractivity contribution is 5.80. The molecule has 3 aromatic rings. The van der Waals surface area contributed by atoms with E-state index in [0.717, 1.165) is 22.6 Å². The van der Waals surface area contributed by atoms with Gasteiger partial charge in [0.25, 0.3) is 0 Å². The molecule has 0 aromatic carbocycles. The minimum atomic E-state index is -4.16. The fraction of sp³-hybridized carbons (Fsp3) is 0.500. The second-order valence-electron chi connectivity index (χ2n) is 9.07. The minimum Gasteiger partial charge on any atom is -0.370 e. The lowest BCUT2D eigenvalue weighted by Gasteiger charge is -2.38. The van der Waals surface area contributed by atoms with E-state index in [1.165, 1.54) is 0 Å². The van der Waals surface area contributed by atoms with Gasteiger partial charge in [-0.15, -0.1) is 0 Å². The van der Waals surface area contributed by atoms with Gasteiger partial charge in [0.1, 0.15) is 17.4 Å². The highest BCUT2D eigenvalue weighted by Crippen LogP contribution is 2.50. The van der Waals surface area contributed by atoms with Crippen LogP contribution in [0.15, 0.2) is 24.4 Å². The number of rotatable bonds is 3. The maximum Gasteiger partial charge on any atom is 0.391 e. The van der Waals surface area contributed by atoms with Crippen LogP contribution in [0.25, 0.3) is 11.0 Å². The van der Waals surface area contributed by atoms with Crippen LogP contribution in [0.3, 0.4) is 0 Å². The fourth-order valence-electron chi connectivity index (χ4n) is 4.62. The average molecular weight is 458 g/mol. The van der Waals surface area contributed by atoms with Crippen molar-refractivity contribution < 1.29 is 17.9 Å². The molecule has 4 heterocycles. The molecule has 5 rings (SSSR count). The number of hydrogen-bond donors (Lipinski definition) is 0. The Labute approximate surface area is 190 Å². The maximum absolute atomic E-state index is 13.1. The molecule has 3 aromatic heterocycles. The van der Waals surface area contributed by atoms with Gasteiger partial charge in [-0.25, -0.2) is 15.0 Å². The fourth-order valence-corrected chi connectivity index (χ4v) is 4.62. The molecule has 1 unspecified atom stereocenters. The summed E-state index contributed by atoms with van der Waals surface area (Å²) >= 11 is 0. The molecule has 33 heavy (non-hydrogen) atoms. The lowest BCUT2D eigenvalue weighted by atomic mass is 9.72. The van der Waals surface area contributed by atoms with Crippen LogP contribution in [0.1, 0.15) is 53.2 Å². The van der Waals surface area contributed by atoms with Crippen molar-refractivity contribution in [1.29, 1.82) is 0 Å². The molecule has 0 spiro atoms.